The molecule has 0 aromatic heterocycles. The van der Waals surface area contributed by atoms with Gasteiger partial charge in [0.1, 0.15) is 11.9 Å². The maximum Gasteiger partial charge on any atom is 0.252 e. The van der Waals surface area contributed by atoms with Crippen LogP contribution < -0.4 is 10.1 Å². The fraction of sp³-hybridized carbons (Fsp3) is 0.500. The molecule has 0 aliphatic rings. The van der Waals surface area contributed by atoms with Gasteiger partial charge < -0.3 is 10.1 Å². The molecule has 1 amide bonds. The van der Waals surface area contributed by atoms with Crippen molar-refractivity contribution in [3.8, 4) is 5.75 Å². The van der Waals surface area contributed by atoms with E-state index < -0.39 is 9.96 Å². The molecule has 1 aromatic carbocycles. The first kappa shape index (κ1) is 18.4. The van der Waals surface area contributed by atoms with Crippen molar-refractivity contribution in [1.82, 2.24) is 10.2 Å². The molecule has 7 heteroatoms. The van der Waals surface area contributed by atoms with Gasteiger partial charge in [-0.05, 0) is 37.4 Å². The summed E-state index contributed by atoms with van der Waals surface area (Å²) in [5.41, 5.74) is 0.474. The molecule has 0 aliphatic carbocycles. The van der Waals surface area contributed by atoms with Crippen LogP contribution in [0.15, 0.2) is 24.3 Å². The number of carbonyl (C=O) groups is 1. The minimum atomic E-state index is -1.62. The minimum Gasteiger partial charge on any atom is -0.497 e. The molecular formula is C14H19Cl3N2O2. The van der Waals surface area contributed by atoms with Crippen molar-refractivity contribution in [3.63, 3.8) is 0 Å². The number of benzene rings is 1. The summed E-state index contributed by atoms with van der Waals surface area (Å²) in [6.45, 7) is 5.18. The first-order valence-corrected chi connectivity index (χ1v) is 7.72. The van der Waals surface area contributed by atoms with E-state index in [1.165, 1.54) is 0 Å². The predicted molar refractivity (Wildman–Crippen MR) is 87.5 cm³/mol. The van der Waals surface area contributed by atoms with Gasteiger partial charge in [0.05, 0.1) is 7.11 Å². The van der Waals surface area contributed by atoms with Crippen molar-refractivity contribution < 1.29 is 9.53 Å². The van der Waals surface area contributed by atoms with Crippen LogP contribution in [-0.2, 0) is 0 Å². The number of amides is 1. The average Bonchev–Trinajstić information content (AvgIpc) is 2.46. The summed E-state index contributed by atoms with van der Waals surface area (Å²) in [4.78, 5) is 14.2. The zero-order valence-corrected chi connectivity index (χ0v) is 14.5. The van der Waals surface area contributed by atoms with Crippen LogP contribution in [0.2, 0.25) is 0 Å². The Morgan fingerprint density at radius 2 is 1.76 bits per heavy atom. The van der Waals surface area contributed by atoms with E-state index in [1.807, 2.05) is 18.7 Å². The van der Waals surface area contributed by atoms with Crippen LogP contribution in [-0.4, -0.2) is 41.0 Å². The van der Waals surface area contributed by atoms with Crippen LogP contribution in [0.25, 0.3) is 0 Å². The predicted octanol–water partition coefficient (Wildman–Crippen LogP) is 3.46. The number of carbonyl (C=O) groups excluding carboxylic acids is 1. The van der Waals surface area contributed by atoms with Gasteiger partial charge in [-0.3, -0.25) is 9.69 Å². The normalized spacial score (nSPS) is 13.1. The first-order valence-electron chi connectivity index (χ1n) is 6.59. The number of methoxy groups -OCH3 is 1. The highest BCUT2D eigenvalue weighted by Crippen LogP contribution is 2.32. The second-order valence-corrected chi connectivity index (χ2v) is 6.74. The Bertz CT molecular complexity index is 456. The van der Waals surface area contributed by atoms with E-state index in [1.54, 1.807) is 31.4 Å². The number of nitrogens with zero attached hydrogens (tertiary/aromatic N) is 1. The quantitative estimate of drug-likeness (QED) is 0.629. The number of halogens is 3. The highest BCUT2D eigenvalue weighted by molar-refractivity contribution is 6.68. The summed E-state index contributed by atoms with van der Waals surface area (Å²) in [6.07, 6.45) is -0.702. The van der Waals surface area contributed by atoms with E-state index in [2.05, 4.69) is 5.32 Å². The zero-order valence-electron chi connectivity index (χ0n) is 12.2. The zero-order chi connectivity index (χ0) is 16.0. The van der Waals surface area contributed by atoms with Crippen molar-refractivity contribution in [3.05, 3.63) is 29.8 Å². The van der Waals surface area contributed by atoms with Gasteiger partial charge in [-0.2, -0.15) is 0 Å². The number of hydrogen-bond acceptors (Lipinski definition) is 3. The highest BCUT2D eigenvalue weighted by atomic mass is 35.6. The van der Waals surface area contributed by atoms with E-state index in [0.717, 1.165) is 0 Å². The molecule has 1 atom stereocenters. The van der Waals surface area contributed by atoms with Gasteiger partial charge >= 0.3 is 0 Å². The van der Waals surface area contributed by atoms with Gasteiger partial charge in [0, 0.05) is 5.56 Å². The monoisotopic (exact) mass is 352 g/mol. The lowest BCUT2D eigenvalue weighted by Crippen LogP contribution is -2.55. The number of rotatable bonds is 6. The molecule has 0 bridgehead atoms. The molecule has 0 spiro atoms. The molecule has 0 saturated carbocycles. The molecule has 0 aliphatic heterocycles. The molecule has 0 fully saturated rings. The summed E-state index contributed by atoms with van der Waals surface area (Å²) in [5, 5.41) is 2.76. The highest BCUT2D eigenvalue weighted by Gasteiger charge is 2.37. The van der Waals surface area contributed by atoms with Gasteiger partial charge in [0.25, 0.3) is 5.91 Å². The Morgan fingerprint density at radius 1 is 1.24 bits per heavy atom. The van der Waals surface area contributed by atoms with E-state index in [-0.39, 0.29) is 5.91 Å². The van der Waals surface area contributed by atoms with E-state index in [0.29, 0.717) is 24.4 Å². The number of alkyl halides is 3. The second kappa shape index (κ2) is 8.08. The molecule has 1 aromatic rings. The topological polar surface area (TPSA) is 41.6 Å². The number of ether oxygens (including phenoxy) is 1. The van der Waals surface area contributed by atoms with Crippen LogP contribution in [0.1, 0.15) is 24.2 Å². The Balaban J connectivity index is 2.89. The van der Waals surface area contributed by atoms with Crippen LogP contribution in [0.5, 0.6) is 5.75 Å². The third kappa shape index (κ3) is 5.22. The first-order chi connectivity index (χ1) is 9.83. The Hall–Kier alpha value is -0.680. The summed E-state index contributed by atoms with van der Waals surface area (Å²) in [5.74, 6) is 0.370. The molecule has 0 radical (unpaired) electrons. The standard InChI is InChI=1S/C14H19Cl3N2O2/c1-4-19(5-2)13(14(15,16)17)18-12(20)10-6-8-11(21-3)9-7-10/h6-9,13H,4-5H2,1-3H3,(H,18,20)/t13-/m0/s1. The maximum atomic E-state index is 12.3. The van der Waals surface area contributed by atoms with Crippen LogP contribution in [0.4, 0.5) is 0 Å². The molecule has 21 heavy (non-hydrogen) atoms. The SMILES string of the molecule is CCN(CC)[C@H](NC(=O)c1ccc(OC)cc1)C(Cl)(Cl)Cl. The largest absolute Gasteiger partial charge is 0.497 e. The maximum absolute atomic E-state index is 12.3. The molecule has 1 N–H and O–H groups in total. The van der Waals surface area contributed by atoms with Gasteiger partial charge in [0.15, 0.2) is 0 Å². The van der Waals surface area contributed by atoms with Crippen molar-refractivity contribution in [2.45, 2.75) is 23.8 Å². The molecule has 118 valence electrons. The fourth-order valence-corrected chi connectivity index (χ4v) is 2.50. The summed E-state index contributed by atoms with van der Waals surface area (Å²) < 4.78 is 3.44. The van der Waals surface area contributed by atoms with Crippen LogP contribution in [0.3, 0.4) is 0 Å². The average molecular weight is 354 g/mol. The number of hydrogen-bond donors (Lipinski definition) is 1. The number of nitrogens with one attached hydrogen (secondary N) is 1. The molecule has 0 saturated heterocycles. The Labute approximate surface area is 140 Å². The van der Waals surface area contributed by atoms with Gasteiger partial charge in [0.2, 0.25) is 3.79 Å². The van der Waals surface area contributed by atoms with Crippen molar-refractivity contribution in [2.75, 3.05) is 20.2 Å². The minimum absolute atomic E-state index is 0.305. The van der Waals surface area contributed by atoms with E-state index in [4.69, 9.17) is 39.5 Å². The molecule has 4 nitrogen and oxygen atoms in total. The van der Waals surface area contributed by atoms with Crippen molar-refractivity contribution in [1.29, 1.82) is 0 Å². The van der Waals surface area contributed by atoms with Crippen LogP contribution >= 0.6 is 34.8 Å². The van der Waals surface area contributed by atoms with Crippen molar-refractivity contribution >= 4 is 40.7 Å². The van der Waals surface area contributed by atoms with Crippen LogP contribution in [0, 0.1) is 0 Å². The van der Waals surface area contributed by atoms with Gasteiger partial charge in [-0.25, -0.2) is 0 Å². The lowest BCUT2D eigenvalue weighted by atomic mass is 10.2. The summed E-state index contributed by atoms with van der Waals surface area (Å²) in [6, 6.07) is 6.73. The molecule has 0 heterocycles. The lowest BCUT2D eigenvalue weighted by Gasteiger charge is -2.35. The molecule has 1 rings (SSSR count). The third-order valence-corrected chi connectivity index (χ3v) is 3.73. The Kier molecular flexibility index (Phi) is 7.07. The van der Waals surface area contributed by atoms with Crippen molar-refractivity contribution in [2.24, 2.45) is 0 Å². The fourth-order valence-electron chi connectivity index (χ4n) is 1.92. The molecular weight excluding hydrogens is 335 g/mol. The lowest BCUT2D eigenvalue weighted by molar-refractivity contribution is 0.0862. The van der Waals surface area contributed by atoms with E-state index in [9.17, 15) is 4.79 Å². The summed E-state index contributed by atoms with van der Waals surface area (Å²) in [7, 11) is 1.56. The second-order valence-electron chi connectivity index (χ2n) is 4.37. The molecule has 0 unspecified atom stereocenters. The Morgan fingerprint density at radius 3 is 2.14 bits per heavy atom. The van der Waals surface area contributed by atoms with E-state index >= 15 is 0 Å². The summed E-state index contributed by atoms with van der Waals surface area (Å²) >= 11 is 18.0. The third-order valence-electron chi connectivity index (χ3n) is 3.11. The van der Waals surface area contributed by atoms with Gasteiger partial charge in [-0.1, -0.05) is 48.7 Å². The smallest absolute Gasteiger partial charge is 0.252 e. The van der Waals surface area contributed by atoms with Gasteiger partial charge in [-0.15, -0.1) is 0 Å².